The number of imidazole rings is 1. The summed E-state index contributed by atoms with van der Waals surface area (Å²) in [6.07, 6.45) is 3.93. The van der Waals surface area contributed by atoms with Crippen LogP contribution in [-0.4, -0.2) is 25.0 Å². The maximum atomic E-state index is 12.2. The lowest BCUT2D eigenvalue weighted by molar-refractivity contribution is 0.484. The zero-order valence-electron chi connectivity index (χ0n) is 14.6. The number of hydrogen-bond donors (Lipinski definition) is 1. The Labute approximate surface area is 162 Å². The second-order valence-corrected chi connectivity index (χ2v) is 8.59. The molecule has 0 amide bonds. The first-order valence-corrected chi connectivity index (χ1v) is 10.4. The summed E-state index contributed by atoms with van der Waals surface area (Å²) in [5, 5.41) is 0.560. The molecule has 1 aliphatic heterocycles. The minimum absolute atomic E-state index is 0.159. The third kappa shape index (κ3) is 3.58. The Morgan fingerprint density at radius 1 is 1.22 bits per heavy atom. The van der Waals surface area contributed by atoms with Crippen LogP contribution in [0.1, 0.15) is 12.2 Å². The van der Waals surface area contributed by atoms with Gasteiger partial charge in [0.15, 0.2) is 0 Å². The molecule has 3 aromatic rings. The van der Waals surface area contributed by atoms with Gasteiger partial charge in [-0.3, -0.25) is 0 Å². The van der Waals surface area contributed by atoms with E-state index in [1.807, 2.05) is 6.20 Å². The fourth-order valence-corrected chi connectivity index (χ4v) is 4.06. The highest BCUT2D eigenvalue weighted by atomic mass is 35.5. The molecule has 0 unspecified atom stereocenters. The predicted molar refractivity (Wildman–Crippen MR) is 104 cm³/mol. The van der Waals surface area contributed by atoms with Crippen molar-refractivity contribution >= 4 is 21.6 Å². The number of nitrogens with zero attached hydrogens (tertiary/aromatic N) is 2. The first-order valence-electron chi connectivity index (χ1n) is 8.54. The molecule has 0 bridgehead atoms. The number of rotatable bonds is 5. The lowest BCUT2D eigenvalue weighted by Gasteiger charge is -2.12. The minimum atomic E-state index is -3.58. The SMILES string of the molecule is CNS(=O)(=O)c1ccc(Oc2cccc(Cl)c2)c(-c2cn3c(n2)CCC3)c1. The summed E-state index contributed by atoms with van der Waals surface area (Å²) < 4.78 is 34.9. The standard InChI is InChI=1S/C19H18ClN3O3S/c1-21-27(24,25)15-7-8-18(26-14-5-2-4-13(20)10-14)16(11-15)17-12-23-9-3-6-19(23)22-17/h2,4-5,7-8,10-12,21H,3,6,9H2,1H3. The number of aromatic nitrogens is 2. The van der Waals surface area contributed by atoms with Crippen molar-refractivity contribution in [2.75, 3.05) is 7.05 Å². The highest BCUT2D eigenvalue weighted by Gasteiger charge is 2.20. The average molecular weight is 404 g/mol. The largest absolute Gasteiger partial charge is 0.457 e. The molecule has 1 aliphatic rings. The van der Waals surface area contributed by atoms with Crippen LogP contribution in [0.5, 0.6) is 11.5 Å². The van der Waals surface area contributed by atoms with Gasteiger partial charge in [0, 0.05) is 29.7 Å². The van der Waals surface area contributed by atoms with E-state index >= 15 is 0 Å². The summed E-state index contributed by atoms with van der Waals surface area (Å²) in [5.74, 6) is 2.09. The lowest BCUT2D eigenvalue weighted by atomic mass is 10.1. The van der Waals surface area contributed by atoms with Crippen molar-refractivity contribution in [1.82, 2.24) is 14.3 Å². The molecule has 8 heteroatoms. The quantitative estimate of drug-likeness (QED) is 0.702. The third-order valence-electron chi connectivity index (χ3n) is 4.49. The van der Waals surface area contributed by atoms with Crippen LogP contribution in [-0.2, 0) is 23.0 Å². The molecule has 2 aromatic carbocycles. The molecule has 0 atom stereocenters. The van der Waals surface area contributed by atoms with E-state index in [0.717, 1.165) is 25.2 Å². The lowest BCUT2D eigenvalue weighted by Crippen LogP contribution is -2.18. The van der Waals surface area contributed by atoms with Gasteiger partial charge in [0.2, 0.25) is 10.0 Å². The van der Waals surface area contributed by atoms with Crippen molar-refractivity contribution in [1.29, 1.82) is 0 Å². The van der Waals surface area contributed by atoms with Crippen molar-refractivity contribution in [2.45, 2.75) is 24.3 Å². The Morgan fingerprint density at radius 3 is 2.81 bits per heavy atom. The summed E-state index contributed by atoms with van der Waals surface area (Å²) in [5.41, 5.74) is 1.31. The summed E-state index contributed by atoms with van der Waals surface area (Å²) in [6, 6.07) is 11.8. The molecule has 140 valence electrons. The van der Waals surface area contributed by atoms with E-state index in [2.05, 4.69) is 14.3 Å². The van der Waals surface area contributed by atoms with Crippen molar-refractivity contribution in [3.63, 3.8) is 0 Å². The molecule has 1 aromatic heterocycles. The Morgan fingerprint density at radius 2 is 2.07 bits per heavy atom. The predicted octanol–water partition coefficient (Wildman–Crippen LogP) is 3.85. The van der Waals surface area contributed by atoms with E-state index in [0.29, 0.717) is 27.8 Å². The molecule has 0 saturated heterocycles. The Bertz CT molecular complexity index is 1090. The molecule has 6 nitrogen and oxygen atoms in total. The van der Waals surface area contributed by atoms with Gasteiger partial charge in [0.1, 0.15) is 17.3 Å². The van der Waals surface area contributed by atoms with Crippen LogP contribution >= 0.6 is 11.6 Å². The normalized spacial score (nSPS) is 13.6. The van der Waals surface area contributed by atoms with Crippen LogP contribution in [0.2, 0.25) is 5.02 Å². The molecule has 0 saturated carbocycles. The van der Waals surface area contributed by atoms with E-state index in [1.54, 1.807) is 36.4 Å². The molecule has 1 N–H and O–H groups in total. The van der Waals surface area contributed by atoms with Gasteiger partial charge in [-0.05, 0) is 49.9 Å². The highest BCUT2D eigenvalue weighted by Crippen LogP contribution is 2.36. The van der Waals surface area contributed by atoms with Crippen molar-refractivity contribution in [3.8, 4) is 22.8 Å². The Kier molecular flexibility index (Phi) is 4.67. The molecular weight excluding hydrogens is 386 g/mol. The molecule has 0 spiro atoms. The fraction of sp³-hybridized carbons (Fsp3) is 0.211. The molecule has 0 radical (unpaired) electrons. The maximum absolute atomic E-state index is 12.2. The molecule has 0 fully saturated rings. The monoisotopic (exact) mass is 403 g/mol. The second kappa shape index (κ2) is 6.99. The Hall–Kier alpha value is -2.35. The van der Waals surface area contributed by atoms with E-state index in [-0.39, 0.29) is 4.90 Å². The zero-order chi connectivity index (χ0) is 19.0. The van der Waals surface area contributed by atoms with Gasteiger partial charge in [-0.15, -0.1) is 0 Å². The van der Waals surface area contributed by atoms with E-state index in [9.17, 15) is 8.42 Å². The first kappa shape index (κ1) is 18.0. The summed E-state index contributed by atoms with van der Waals surface area (Å²) in [6.45, 7) is 0.918. The van der Waals surface area contributed by atoms with E-state index in [4.69, 9.17) is 16.3 Å². The van der Waals surface area contributed by atoms with Gasteiger partial charge in [-0.1, -0.05) is 17.7 Å². The summed E-state index contributed by atoms with van der Waals surface area (Å²) in [4.78, 5) is 4.83. The number of nitrogens with one attached hydrogen (secondary N) is 1. The number of hydrogen-bond acceptors (Lipinski definition) is 4. The van der Waals surface area contributed by atoms with Crippen LogP contribution in [0, 0.1) is 0 Å². The van der Waals surface area contributed by atoms with Gasteiger partial charge in [-0.25, -0.2) is 18.1 Å². The molecule has 27 heavy (non-hydrogen) atoms. The number of halogens is 1. The summed E-state index contributed by atoms with van der Waals surface area (Å²) >= 11 is 6.04. The van der Waals surface area contributed by atoms with E-state index < -0.39 is 10.0 Å². The van der Waals surface area contributed by atoms with Gasteiger partial charge >= 0.3 is 0 Å². The van der Waals surface area contributed by atoms with Crippen molar-refractivity contribution in [3.05, 3.63) is 59.5 Å². The van der Waals surface area contributed by atoms with Crippen LogP contribution in [0.25, 0.3) is 11.3 Å². The van der Waals surface area contributed by atoms with Crippen LogP contribution < -0.4 is 9.46 Å². The number of benzene rings is 2. The molecule has 4 rings (SSSR count). The summed E-state index contributed by atoms with van der Waals surface area (Å²) in [7, 11) is -2.20. The first-order chi connectivity index (χ1) is 13.0. The number of sulfonamides is 1. The third-order valence-corrected chi connectivity index (χ3v) is 6.14. The fourth-order valence-electron chi connectivity index (χ4n) is 3.13. The van der Waals surface area contributed by atoms with Crippen molar-refractivity contribution in [2.24, 2.45) is 0 Å². The number of ether oxygens (including phenoxy) is 1. The minimum Gasteiger partial charge on any atom is -0.457 e. The van der Waals surface area contributed by atoms with Gasteiger partial charge < -0.3 is 9.30 Å². The average Bonchev–Trinajstić information content (AvgIpc) is 3.24. The van der Waals surface area contributed by atoms with E-state index in [1.165, 1.54) is 13.1 Å². The molecule has 2 heterocycles. The smallest absolute Gasteiger partial charge is 0.240 e. The number of fused-ring (bicyclic) bond motifs is 1. The van der Waals surface area contributed by atoms with Crippen LogP contribution in [0.3, 0.4) is 0 Å². The Balaban J connectivity index is 1.82. The zero-order valence-corrected chi connectivity index (χ0v) is 16.2. The highest BCUT2D eigenvalue weighted by molar-refractivity contribution is 7.89. The van der Waals surface area contributed by atoms with Crippen molar-refractivity contribution < 1.29 is 13.2 Å². The second-order valence-electron chi connectivity index (χ2n) is 6.26. The van der Waals surface area contributed by atoms with Crippen LogP contribution in [0.4, 0.5) is 0 Å². The maximum Gasteiger partial charge on any atom is 0.240 e. The van der Waals surface area contributed by atoms with Gasteiger partial charge in [-0.2, -0.15) is 0 Å². The number of aryl methyl sites for hydroxylation is 2. The topological polar surface area (TPSA) is 73.2 Å². The molecule has 0 aliphatic carbocycles. The van der Waals surface area contributed by atoms with Crippen LogP contribution in [0.15, 0.2) is 53.6 Å². The molecular formula is C19H18ClN3O3S. The van der Waals surface area contributed by atoms with Gasteiger partial charge in [0.25, 0.3) is 0 Å². The van der Waals surface area contributed by atoms with Gasteiger partial charge in [0.05, 0.1) is 10.6 Å².